The van der Waals surface area contributed by atoms with E-state index in [2.05, 4.69) is 53.9 Å². The number of nitrogens with two attached hydrogens (primary N) is 1. The highest BCUT2D eigenvalue weighted by Crippen LogP contribution is 2.33. The number of aryl methyl sites for hydroxylation is 1. The van der Waals surface area contributed by atoms with Crippen LogP contribution >= 0.6 is 0 Å². The molecule has 3 heterocycles. The fourth-order valence-electron chi connectivity index (χ4n) is 2.98. The van der Waals surface area contributed by atoms with Gasteiger partial charge in [-0.3, -0.25) is 0 Å². The summed E-state index contributed by atoms with van der Waals surface area (Å²) in [5, 5.41) is 6.73. The summed E-state index contributed by atoms with van der Waals surface area (Å²) in [4.78, 5) is 12.0. The molecular formula is C17H18N6. The first-order chi connectivity index (χ1) is 11.1. The van der Waals surface area contributed by atoms with Crippen LogP contribution in [0.25, 0.3) is 33.3 Å². The van der Waals surface area contributed by atoms with Crippen LogP contribution in [0, 0.1) is 6.92 Å². The number of nitrogens with one attached hydrogen (secondary N) is 1. The maximum absolute atomic E-state index is 6.11. The number of fused-ring (bicyclic) bond motifs is 2. The largest absolute Gasteiger partial charge is 0.383 e. The molecule has 0 saturated carbocycles. The molecule has 116 valence electrons. The number of aromatic nitrogens is 5. The Morgan fingerprint density at radius 2 is 2.04 bits per heavy atom. The highest BCUT2D eigenvalue weighted by atomic mass is 15.3. The third kappa shape index (κ3) is 1.98. The summed E-state index contributed by atoms with van der Waals surface area (Å²) in [7, 11) is 0. The van der Waals surface area contributed by atoms with Gasteiger partial charge >= 0.3 is 0 Å². The van der Waals surface area contributed by atoms with E-state index in [9.17, 15) is 0 Å². The Kier molecular flexibility index (Phi) is 2.87. The molecule has 0 fully saturated rings. The van der Waals surface area contributed by atoms with Crippen LogP contribution in [0.15, 0.2) is 30.6 Å². The Hall–Kier alpha value is -2.89. The summed E-state index contributed by atoms with van der Waals surface area (Å²) in [5.74, 6) is 0.451. The summed E-state index contributed by atoms with van der Waals surface area (Å²) >= 11 is 0. The average Bonchev–Trinajstić information content (AvgIpc) is 3.09. The first-order valence-corrected chi connectivity index (χ1v) is 7.63. The minimum absolute atomic E-state index is 0.187. The predicted molar refractivity (Wildman–Crippen MR) is 92.2 cm³/mol. The van der Waals surface area contributed by atoms with Crippen molar-refractivity contribution in [1.82, 2.24) is 24.7 Å². The van der Waals surface area contributed by atoms with Crippen molar-refractivity contribution in [2.45, 2.75) is 26.8 Å². The van der Waals surface area contributed by atoms with E-state index in [-0.39, 0.29) is 6.04 Å². The van der Waals surface area contributed by atoms with E-state index in [0.717, 1.165) is 27.9 Å². The van der Waals surface area contributed by atoms with Gasteiger partial charge in [0.2, 0.25) is 0 Å². The molecule has 6 heteroatoms. The van der Waals surface area contributed by atoms with Crippen LogP contribution in [0.1, 0.15) is 25.5 Å². The Labute approximate surface area is 133 Å². The SMILES string of the molecule is Cc1cccc2[nH]c(-c3nn(C(C)C)c4ncnc(N)c34)cc12. The molecule has 4 aromatic rings. The van der Waals surface area contributed by atoms with Crippen LogP contribution < -0.4 is 5.73 Å². The fourth-order valence-corrected chi connectivity index (χ4v) is 2.98. The highest BCUT2D eigenvalue weighted by Gasteiger charge is 2.19. The first-order valence-electron chi connectivity index (χ1n) is 7.63. The number of rotatable bonds is 2. The van der Waals surface area contributed by atoms with Crippen molar-refractivity contribution >= 4 is 27.8 Å². The van der Waals surface area contributed by atoms with Crippen LogP contribution in [0.2, 0.25) is 0 Å². The number of H-pyrrole nitrogens is 1. The summed E-state index contributed by atoms with van der Waals surface area (Å²) in [6, 6.07) is 8.51. The predicted octanol–water partition coefficient (Wildman–Crippen LogP) is 3.45. The van der Waals surface area contributed by atoms with Crippen molar-refractivity contribution < 1.29 is 0 Å². The van der Waals surface area contributed by atoms with Crippen LogP contribution in [0.5, 0.6) is 0 Å². The summed E-state index contributed by atoms with van der Waals surface area (Å²) in [6.45, 7) is 6.25. The Morgan fingerprint density at radius 1 is 1.22 bits per heavy atom. The molecule has 4 rings (SSSR count). The highest BCUT2D eigenvalue weighted by molar-refractivity contribution is 6.00. The molecule has 0 amide bonds. The second-order valence-corrected chi connectivity index (χ2v) is 6.06. The van der Waals surface area contributed by atoms with Crippen LogP contribution in [0.4, 0.5) is 5.82 Å². The Bertz CT molecular complexity index is 1020. The molecule has 3 N–H and O–H groups in total. The van der Waals surface area contributed by atoms with Crippen LogP contribution in [-0.2, 0) is 0 Å². The van der Waals surface area contributed by atoms with Crippen molar-refractivity contribution in [2.75, 3.05) is 5.73 Å². The quantitative estimate of drug-likeness (QED) is 0.594. The first kappa shape index (κ1) is 13.8. The van der Waals surface area contributed by atoms with Gasteiger partial charge in [-0.05, 0) is 38.5 Å². The summed E-state index contributed by atoms with van der Waals surface area (Å²) in [6.07, 6.45) is 1.48. The zero-order valence-corrected chi connectivity index (χ0v) is 13.3. The number of nitrogen functional groups attached to an aromatic ring is 1. The number of nitrogens with zero attached hydrogens (tertiary/aromatic N) is 4. The van der Waals surface area contributed by atoms with Gasteiger partial charge in [0.05, 0.1) is 11.1 Å². The molecule has 0 atom stereocenters. The molecular weight excluding hydrogens is 288 g/mol. The summed E-state index contributed by atoms with van der Waals surface area (Å²) < 4.78 is 1.89. The van der Waals surface area contributed by atoms with Gasteiger partial charge in [0.1, 0.15) is 17.8 Å². The normalized spacial score (nSPS) is 11.8. The molecule has 0 aliphatic carbocycles. The Morgan fingerprint density at radius 3 is 2.78 bits per heavy atom. The maximum atomic E-state index is 6.11. The topological polar surface area (TPSA) is 85.4 Å². The standard InChI is InChI=1S/C17H18N6/c1-9(2)23-17-14(16(18)19-8-20-17)15(22-23)13-7-11-10(3)5-4-6-12(11)21-13/h4-9,21H,1-3H3,(H2,18,19,20). The van der Waals surface area contributed by atoms with E-state index in [0.29, 0.717) is 5.82 Å². The number of aromatic amines is 1. The van der Waals surface area contributed by atoms with E-state index in [1.165, 1.54) is 17.3 Å². The lowest BCUT2D eigenvalue weighted by Gasteiger charge is -2.05. The van der Waals surface area contributed by atoms with Gasteiger partial charge in [0.25, 0.3) is 0 Å². The average molecular weight is 306 g/mol. The second-order valence-electron chi connectivity index (χ2n) is 6.06. The summed E-state index contributed by atoms with van der Waals surface area (Å²) in [5.41, 5.74) is 10.9. The zero-order valence-electron chi connectivity index (χ0n) is 13.3. The lowest BCUT2D eigenvalue weighted by atomic mass is 10.1. The molecule has 23 heavy (non-hydrogen) atoms. The Balaban J connectivity index is 2.06. The van der Waals surface area contributed by atoms with Gasteiger partial charge in [0.15, 0.2) is 5.65 Å². The lowest BCUT2D eigenvalue weighted by molar-refractivity contribution is 0.547. The fraction of sp³-hybridized carbons (Fsp3) is 0.235. The minimum atomic E-state index is 0.187. The molecule has 3 aromatic heterocycles. The van der Waals surface area contributed by atoms with Crippen molar-refractivity contribution in [3.05, 3.63) is 36.2 Å². The number of hydrogen-bond acceptors (Lipinski definition) is 4. The number of hydrogen-bond donors (Lipinski definition) is 2. The van der Waals surface area contributed by atoms with Gasteiger partial charge in [-0.25, -0.2) is 14.6 Å². The molecule has 1 aromatic carbocycles. The molecule has 0 spiro atoms. The van der Waals surface area contributed by atoms with Crippen molar-refractivity contribution in [3.63, 3.8) is 0 Å². The van der Waals surface area contributed by atoms with Gasteiger partial charge in [0, 0.05) is 16.9 Å². The maximum Gasteiger partial charge on any atom is 0.164 e. The molecule has 0 saturated heterocycles. The molecule has 6 nitrogen and oxygen atoms in total. The molecule has 0 aliphatic heterocycles. The van der Waals surface area contributed by atoms with Crippen LogP contribution in [0.3, 0.4) is 0 Å². The molecule has 0 unspecified atom stereocenters. The third-order valence-corrected chi connectivity index (χ3v) is 4.14. The van der Waals surface area contributed by atoms with E-state index in [4.69, 9.17) is 10.8 Å². The number of anilines is 1. The lowest BCUT2D eigenvalue weighted by Crippen LogP contribution is -2.04. The smallest absolute Gasteiger partial charge is 0.164 e. The van der Waals surface area contributed by atoms with Gasteiger partial charge in [-0.2, -0.15) is 5.10 Å². The van der Waals surface area contributed by atoms with Gasteiger partial charge in [-0.1, -0.05) is 12.1 Å². The third-order valence-electron chi connectivity index (χ3n) is 4.14. The van der Waals surface area contributed by atoms with Crippen molar-refractivity contribution in [2.24, 2.45) is 0 Å². The number of benzene rings is 1. The monoisotopic (exact) mass is 306 g/mol. The van der Waals surface area contributed by atoms with Crippen molar-refractivity contribution in [3.8, 4) is 11.4 Å². The van der Waals surface area contributed by atoms with E-state index in [1.807, 2.05) is 10.7 Å². The van der Waals surface area contributed by atoms with Crippen LogP contribution in [-0.4, -0.2) is 24.7 Å². The van der Waals surface area contributed by atoms with Gasteiger partial charge in [-0.15, -0.1) is 0 Å². The van der Waals surface area contributed by atoms with E-state index < -0.39 is 0 Å². The molecule has 0 radical (unpaired) electrons. The molecule has 0 aliphatic rings. The van der Waals surface area contributed by atoms with Gasteiger partial charge < -0.3 is 10.7 Å². The van der Waals surface area contributed by atoms with E-state index in [1.54, 1.807) is 0 Å². The molecule has 0 bridgehead atoms. The van der Waals surface area contributed by atoms with E-state index >= 15 is 0 Å². The minimum Gasteiger partial charge on any atom is -0.383 e. The second kappa shape index (κ2) is 4.81. The zero-order chi connectivity index (χ0) is 16.1. The van der Waals surface area contributed by atoms with Crippen molar-refractivity contribution in [1.29, 1.82) is 0 Å².